The fourth-order valence-electron chi connectivity index (χ4n) is 3.59. The summed E-state index contributed by atoms with van der Waals surface area (Å²) in [5.74, 6) is -1.85. The van der Waals surface area contributed by atoms with Gasteiger partial charge in [-0.05, 0) is 29.8 Å². The molecular weight excluding hydrogens is 424 g/mol. The van der Waals surface area contributed by atoms with Crippen molar-refractivity contribution in [1.82, 2.24) is 4.98 Å². The first-order valence-corrected chi connectivity index (χ1v) is 10.3. The van der Waals surface area contributed by atoms with Gasteiger partial charge in [0.2, 0.25) is 5.78 Å². The molecule has 1 aliphatic rings. The number of fused-ring (bicyclic) bond motifs is 1. The van der Waals surface area contributed by atoms with Crippen molar-refractivity contribution in [2.45, 2.75) is 6.04 Å². The molecule has 1 amide bonds. The number of hydrogen-bond acceptors (Lipinski definition) is 6. The van der Waals surface area contributed by atoms with Crippen LogP contribution in [-0.2, 0) is 4.79 Å². The minimum Gasteiger partial charge on any atom is -0.503 e. The molecule has 0 radical (unpaired) electrons. The van der Waals surface area contributed by atoms with Gasteiger partial charge in [0.25, 0.3) is 5.91 Å². The maximum Gasteiger partial charge on any atom is 0.296 e. The predicted octanol–water partition coefficient (Wildman–Crippen LogP) is 5.33. The Balaban J connectivity index is 1.67. The number of anilines is 1. The van der Waals surface area contributed by atoms with Crippen LogP contribution in [-0.4, -0.2) is 21.8 Å². The lowest BCUT2D eigenvalue weighted by molar-refractivity contribution is -0.117. The van der Waals surface area contributed by atoms with Crippen LogP contribution in [0.15, 0.2) is 81.9 Å². The molecule has 4 aromatic rings. The number of nitrogens with zero attached hydrogens (tertiary/aromatic N) is 2. The van der Waals surface area contributed by atoms with Crippen LogP contribution in [0.2, 0.25) is 5.02 Å². The summed E-state index contributed by atoms with van der Waals surface area (Å²) in [7, 11) is 0. The van der Waals surface area contributed by atoms with Gasteiger partial charge in [0.05, 0.1) is 11.6 Å². The molecule has 2 aromatic heterocycles. The fourth-order valence-corrected chi connectivity index (χ4v) is 4.45. The number of carbonyl (C=O) groups excluding carboxylic acids is 2. The summed E-state index contributed by atoms with van der Waals surface area (Å²) in [5, 5.41) is 14.0. The number of ketones is 1. The van der Waals surface area contributed by atoms with Gasteiger partial charge < -0.3 is 9.52 Å². The molecule has 5 rings (SSSR count). The SMILES string of the molecule is O=C(C1=C(O)C(=O)N(c2nccs2)C1c1cccc(Cl)c1)c1cc2ccccc2o1. The van der Waals surface area contributed by atoms with Gasteiger partial charge >= 0.3 is 0 Å². The molecule has 1 unspecified atom stereocenters. The summed E-state index contributed by atoms with van der Waals surface area (Å²) in [6.07, 6.45) is 1.55. The van der Waals surface area contributed by atoms with E-state index in [1.165, 1.54) is 16.2 Å². The van der Waals surface area contributed by atoms with Gasteiger partial charge in [-0.3, -0.25) is 14.5 Å². The lowest BCUT2D eigenvalue weighted by atomic mass is 9.95. The van der Waals surface area contributed by atoms with Gasteiger partial charge in [-0.2, -0.15) is 0 Å². The molecule has 1 aliphatic heterocycles. The molecule has 148 valence electrons. The van der Waals surface area contributed by atoms with Gasteiger partial charge in [0, 0.05) is 22.0 Å². The Kier molecular flexibility index (Phi) is 4.42. The number of halogens is 1. The van der Waals surface area contributed by atoms with E-state index in [0.29, 0.717) is 21.3 Å². The molecule has 0 saturated carbocycles. The third-order valence-corrected chi connectivity index (χ3v) is 5.90. The third kappa shape index (κ3) is 2.91. The number of hydrogen-bond donors (Lipinski definition) is 1. The molecule has 0 fully saturated rings. The Morgan fingerprint density at radius 1 is 1.17 bits per heavy atom. The highest BCUT2D eigenvalue weighted by Crippen LogP contribution is 2.43. The predicted molar refractivity (Wildman–Crippen MR) is 114 cm³/mol. The minimum atomic E-state index is -0.886. The topological polar surface area (TPSA) is 83.6 Å². The fraction of sp³-hybridized carbons (Fsp3) is 0.0455. The van der Waals surface area contributed by atoms with Crippen molar-refractivity contribution in [3.05, 3.63) is 93.9 Å². The number of aromatic nitrogens is 1. The Morgan fingerprint density at radius 3 is 2.73 bits per heavy atom. The molecule has 8 heteroatoms. The first kappa shape index (κ1) is 18.6. The van der Waals surface area contributed by atoms with Crippen molar-refractivity contribution in [2.24, 2.45) is 0 Å². The normalized spacial score (nSPS) is 16.6. The zero-order chi connectivity index (χ0) is 20.8. The van der Waals surface area contributed by atoms with Gasteiger partial charge in [-0.25, -0.2) is 4.98 Å². The zero-order valence-corrected chi connectivity index (χ0v) is 16.9. The Morgan fingerprint density at radius 2 is 2.00 bits per heavy atom. The van der Waals surface area contributed by atoms with E-state index in [2.05, 4.69) is 4.98 Å². The van der Waals surface area contributed by atoms with E-state index in [-0.39, 0.29) is 11.3 Å². The van der Waals surface area contributed by atoms with Gasteiger partial charge in [0.1, 0.15) is 5.58 Å². The summed E-state index contributed by atoms with van der Waals surface area (Å²) in [6, 6.07) is 14.7. The molecule has 30 heavy (non-hydrogen) atoms. The largest absolute Gasteiger partial charge is 0.503 e. The van der Waals surface area contributed by atoms with Crippen LogP contribution in [0.1, 0.15) is 22.2 Å². The van der Waals surface area contributed by atoms with E-state index in [1.807, 2.05) is 12.1 Å². The summed E-state index contributed by atoms with van der Waals surface area (Å²) in [5.41, 5.74) is 1.05. The number of rotatable bonds is 4. The van der Waals surface area contributed by atoms with E-state index >= 15 is 0 Å². The van der Waals surface area contributed by atoms with Crippen LogP contribution in [0, 0.1) is 0 Å². The smallest absolute Gasteiger partial charge is 0.296 e. The Hall–Kier alpha value is -3.42. The van der Waals surface area contributed by atoms with Gasteiger partial charge in [-0.1, -0.05) is 41.9 Å². The number of para-hydroxylation sites is 1. The quantitative estimate of drug-likeness (QED) is 0.437. The minimum absolute atomic E-state index is 0.0403. The van der Waals surface area contributed by atoms with E-state index in [1.54, 1.807) is 54.0 Å². The highest BCUT2D eigenvalue weighted by molar-refractivity contribution is 7.13. The first-order valence-electron chi connectivity index (χ1n) is 8.99. The average molecular weight is 437 g/mol. The molecule has 0 spiro atoms. The molecular formula is C22H13ClN2O4S. The number of aliphatic hydroxyl groups is 1. The van der Waals surface area contributed by atoms with Crippen molar-refractivity contribution in [1.29, 1.82) is 0 Å². The molecule has 1 N–H and O–H groups in total. The lowest BCUT2D eigenvalue weighted by Gasteiger charge is -2.24. The van der Waals surface area contributed by atoms with E-state index in [4.69, 9.17) is 16.0 Å². The summed E-state index contributed by atoms with van der Waals surface area (Å²) < 4.78 is 5.70. The van der Waals surface area contributed by atoms with Crippen LogP contribution in [0.25, 0.3) is 11.0 Å². The highest BCUT2D eigenvalue weighted by atomic mass is 35.5. The number of furan rings is 1. The molecule has 0 aliphatic carbocycles. The van der Waals surface area contributed by atoms with Crippen LogP contribution in [0.5, 0.6) is 0 Å². The lowest BCUT2D eigenvalue weighted by Crippen LogP contribution is -2.30. The zero-order valence-electron chi connectivity index (χ0n) is 15.3. The molecule has 6 nitrogen and oxygen atoms in total. The van der Waals surface area contributed by atoms with E-state index in [0.717, 1.165) is 5.39 Å². The Bertz CT molecular complexity index is 1290. The van der Waals surface area contributed by atoms with E-state index < -0.39 is 23.5 Å². The molecule has 1 atom stereocenters. The number of aliphatic hydroxyl groups excluding tert-OH is 1. The molecule has 2 aromatic carbocycles. The van der Waals surface area contributed by atoms with Crippen LogP contribution >= 0.6 is 22.9 Å². The highest BCUT2D eigenvalue weighted by Gasteiger charge is 2.46. The summed E-state index contributed by atoms with van der Waals surface area (Å²) >= 11 is 7.40. The van der Waals surface area contributed by atoms with Gasteiger partial charge in [-0.15, -0.1) is 11.3 Å². The van der Waals surface area contributed by atoms with Crippen LogP contribution in [0.3, 0.4) is 0 Å². The average Bonchev–Trinajstić information content (AvgIpc) is 3.46. The van der Waals surface area contributed by atoms with Crippen molar-refractivity contribution < 1.29 is 19.1 Å². The van der Waals surface area contributed by atoms with Crippen molar-refractivity contribution in [3.8, 4) is 0 Å². The number of carbonyl (C=O) groups is 2. The van der Waals surface area contributed by atoms with Crippen molar-refractivity contribution in [3.63, 3.8) is 0 Å². The maximum absolute atomic E-state index is 13.4. The maximum atomic E-state index is 13.4. The number of amides is 1. The van der Waals surface area contributed by atoms with E-state index in [9.17, 15) is 14.7 Å². The number of thiazole rings is 1. The monoisotopic (exact) mass is 436 g/mol. The second kappa shape index (κ2) is 7.12. The number of benzene rings is 2. The van der Waals surface area contributed by atoms with Crippen LogP contribution < -0.4 is 4.90 Å². The molecule has 3 heterocycles. The molecule has 0 bridgehead atoms. The first-order chi connectivity index (χ1) is 14.5. The summed E-state index contributed by atoms with van der Waals surface area (Å²) in [4.78, 5) is 31.9. The van der Waals surface area contributed by atoms with Crippen molar-refractivity contribution >= 4 is 50.7 Å². The van der Waals surface area contributed by atoms with Gasteiger partial charge in [0.15, 0.2) is 16.7 Å². The second-order valence-electron chi connectivity index (χ2n) is 6.69. The van der Waals surface area contributed by atoms with Crippen LogP contribution in [0.4, 0.5) is 5.13 Å². The summed E-state index contributed by atoms with van der Waals surface area (Å²) in [6.45, 7) is 0. The standard InChI is InChI=1S/C22H13ClN2O4S/c23-14-6-3-5-13(10-14)18-17(20(27)21(28)25(18)22-24-8-9-30-22)19(26)16-11-12-4-1-2-7-15(12)29-16/h1-11,18,27H. The Labute approximate surface area is 179 Å². The third-order valence-electron chi connectivity index (χ3n) is 4.89. The van der Waals surface area contributed by atoms with Crippen molar-refractivity contribution in [2.75, 3.05) is 4.90 Å². The molecule has 0 saturated heterocycles. The second-order valence-corrected chi connectivity index (χ2v) is 8.00. The number of Topliss-reactive ketones (excluding diaryl/α,β-unsaturated/α-hetero) is 1.